The van der Waals surface area contributed by atoms with Crippen LogP contribution in [-0.2, 0) is 6.54 Å². The van der Waals surface area contributed by atoms with E-state index >= 15 is 0 Å². The normalized spacial score (nSPS) is 15.4. The zero-order chi connectivity index (χ0) is 29.5. The fourth-order valence-electron chi connectivity index (χ4n) is 5.40. The van der Waals surface area contributed by atoms with Gasteiger partial charge in [0.25, 0.3) is 0 Å². The average molecular weight is 676 g/mol. The number of rotatable bonds is 7. The van der Waals surface area contributed by atoms with Crippen molar-refractivity contribution in [2.75, 3.05) is 23.7 Å². The lowest BCUT2D eigenvalue weighted by atomic mass is 10.0. The highest BCUT2D eigenvalue weighted by atomic mass is 79.9. The summed E-state index contributed by atoms with van der Waals surface area (Å²) in [5.74, 6) is 1.18. The van der Waals surface area contributed by atoms with Gasteiger partial charge in [-0.2, -0.15) is 0 Å². The number of halogens is 3. The Labute approximate surface area is 265 Å². The van der Waals surface area contributed by atoms with Crippen molar-refractivity contribution in [2.24, 2.45) is 0 Å². The molecular weight excluding hydrogens is 651 g/mol. The second kappa shape index (κ2) is 11.7. The molecule has 0 radical (unpaired) electrons. The van der Waals surface area contributed by atoms with E-state index in [0.717, 1.165) is 51.7 Å². The molecule has 1 aliphatic rings. The molecule has 0 saturated carbocycles. The van der Waals surface area contributed by atoms with Crippen molar-refractivity contribution in [2.45, 2.75) is 19.1 Å². The second-order valence-electron chi connectivity index (χ2n) is 10.4. The lowest BCUT2D eigenvalue weighted by molar-refractivity contribution is 0.175. The molecule has 1 fully saturated rings. The van der Waals surface area contributed by atoms with Gasteiger partial charge in [-0.25, -0.2) is 15.0 Å². The molecule has 9 nitrogen and oxygen atoms in total. The third-order valence-corrected chi connectivity index (χ3v) is 8.89. The van der Waals surface area contributed by atoms with Crippen LogP contribution in [0.1, 0.15) is 12.0 Å². The van der Waals surface area contributed by atoms with Crippen LogP contribution in [0.3, 0.4) is 0 Å². The van der Waals surface area contributed by atoms with Gasteiger partial charge >= 0.3 is 0 Å². The van der Waals surface area contributed by atoms with Crippen LogP contribution in [0.4, 0.5) is 23.0 Å². The lowest BCUT2D eigenvalue weighted by Crippen LogP contribution is -2.21. The number of likely N-dealkylation sites (tertiary alicyclic amines) is 1. The van der Waals surface area contributed by atoms with Crippen molar-refractivity contribution in [3.05, 3.63) is 99.7 Å². The molecule has 4 aromatic heterocycles. The number of nitrogens with zero attached hydrogens (tertiary/aromatic N) is 6. The van der Waals surface area contributed by atoms with Gasteiger partial charge in [0.05, 0.1) is 33.7 Å². The van der Waals surface area contributed by atoms with E-state index in [9.17, 15) is 5.11 Å². The van der Waals surface area contributed by atoms with Crippen molar-refractivity contribution >= 4 is 78.7 Å². The van der Waals surface area contributed by atoms with E-state index in [2.05, 4.69) is 52.5 Å². The first-order chi connectivity index (χ1) is 20.9. The number of aliphatic hydroxyl groups excluding tert-OH is 1. The Morgan fingerprint density at radius 3 is 2.33 bits per heavy atom. The Balaban J connectivity index is 1.17. The maximum absolute atomic E-state index is 9.86. The number of imidazole rings is 1. The topological polar surface area (TPSA) is 104 Å². The lowest BCUT2D eigenvalue weighted by Gasteiger charge is -2.16. The summed E-state index contributed by atoms with van der Waals surface area (Å²) in [5, 5.41) is 18.5. The molecular formula is C31H25BrCl2N8O. The Kier molecular flexibility index (Phi) is 7.62. The summed E-state index contributed by atoms with van der Waals surface area (Å²) in [6.07, 6.45) is 9.43. The summed E-state index contributed by atoms with van der Waals surface area (Å²) in [6, 6.07) is 15.5. The molecule has 0 amide bonds. The van der Waals surface area contributed by atoms with Gasteiger partial charge in [0.15, 0.2) is 17.3 Å². The van der Waals surface area contributed by atoms with Crippen LogP contribution in [-0.4, -0.2) is 53.5 Å². The first-order valence-electron chi connectivity index (χ1n) is 13.7. The SMILES string of the molecule is O[C@@H]1CCN(Cc2cnc3c(Nc4cccc(-c5cccc(Nc6nccn7c(Br)cnc67)c5Cl)c4Cl)nccc3c2)C1. The Bertz CT molecular complexity index is 1980. The minimum Gasteiger partial charge on any atom is -0.392 e. The molecule has 7 rings (SSSR count). The van der Waals surface area contributed by atoms with E-state index in [1.54, 1.807) is 18.6 Å². The van der Waals surface area contributed by atoms with E-state index in [1.165, 1.54) is 0 Å². The summed E-state index contributed by atoms with van der Waals surface area (Å²) in [4.78, 5) is 20.4. The highest BCUT2D eigenvalue weighted by Gasteiger charge is 2.21. The van der Waals surface area contributed by atoms with Crippen LogP contribution in [0.25, 0.3) is 27.7 Å². The number of pyridine rings is 2. The number of β-amino-alcohol motifs (C(OH)–C–C–N with tert-alkyl or cyclic N) is 1. The number of hydrogen-bond donors (Lipinski definition) is 3. The highest BCUT2D eigenvalue weighted by molar-refractivity contribution is 9.10. The van der Waals surface area contributed by atoms with Crippen molar-refractivity contribution < 1.29 is 5.11 Å². The van der Waals surface area contributed by atoms with Gasteiger partial charge in [-0.3, -0.25) is 14.3 Å². The predicted molar refractivity (Wildman–Crippen MR) is 175 cm³/mol. The van der Waals surface area contributed by atoms with Crippen molar-refractivity contribution in [3.8, 4) is 11.1 Å². The molecule has 5 heterocycles. The van der Waals surface area contributed by atoms with E-state index in [1.807, 2.05) is 59.3 Å². The molecule has 1 aliphatic heterocycles. The monoisotopic (exact) mass is 674 g/mol. The van der Waals surface area contributed by atoms with Gasteiger partial charge in [-0.1, -0.05) is 47.5 Å². The standard InChI is InChI=1S/C31H25BrCl2N8O/c32-25-15-38-31-30(36-10-12-42(25)31)40-24-6-2-4-22(27(24)34)21-3-1-5-23(26(21)33)39-29-28-19(7-9-35-29)13-18(14-37-28)16-41-11-8-20(43)17-41/h1-7,9-10,12-15,20,43H,8,11,16-17H2,(H,35,39)(H,36,40)/t20-/m1/s1. The molecule has 216 valence electrons. The van der Waals surface area contributed by atoms with Crippen LogP contribution in [0.2, 0.25) is 10.0 Å². The number of hydrogen-bond acceptors (Lipinski definition) is 8. The summed E-state index contributed by atoms with van der Waals surface area (Å²) < 4.78 is 2.71. The number of fused-ring (bicyclic) bond motifs is 2. The average Bonchev–Trinajstić information content (AvgIpc) is 3.60. The smallest absolute Gasteiger partial charge is 0.181 e. The van der Waals surface area contributed by atoms with Crippen molar-refractivity contribution in [3.63, 3.8) is 0 Å². The summed E-state index contributed by atoms with van der Waals surface area (Å²) in [6.45, 7) is 2.32. The number of anilines is 4. The van der Waals surface area contributed by atoms with Gasteiger partial charge in [0, 0.05) is 60.9 Å². The molecule has 12 heteroatoms. The summed E-state index contributed by atoms with van der Waals surface area (Å²) >= 11 is 17.4. The fraction of sp³-hybridized carbons (Fsp3) is 0.161. The second-order valence-corrected chi connectivity index (χ2v) is 12.0. The number of benzene rings is 2. The van der Waals surface area contributed by atoms with Gasteiger partial charge in [0.2, 0.25) is 0 Å². The molecule has 0 unspecified atom stereocenters. The minimum absolute atomic E-state index is 0.251. The Morgan fingerprint density at radius 2 is 1.60 bits per heavy atom. The van der Waals surface area contributed by atoms with Crippen molar-refractivity contribution in [1.29, 1.82) is 0 Å². The van der Waals surface area contributed by atoms with E-state index < -0.39 is 0 Å². The van der Waals surface area contributed by atoms with Gasteiger partial charge in [-0.15, -0.1) is 0 Å². The molecule has 0 spiro atoms. The Morgan fingerprint density at radius 1 is 0.884 bits per heavy atom. The van der Waals surface area contributed by atoms with Crippen LogP contribution in [0.15, 0.2) is 84.1 Å². The minimum atomic E-state index is -0.251. The molecule has 0 bridgehead atoms. The molecule has 2 aromatic carbocycles. The van der Waals surface area contributed by atoms with E-state index in [-0.39, 0.29) is 6.10 Å². The maximum Gasteiger partial charge on any atom is 0.181 e. The quantitative estimate of drug-likeness (QED) is 0.160. The van der Waals surface area contributed by atoms with Crippen LogP contribution in [0, 0.1) is 0 Å². The zero-order valence-electron chi connectivity index (χ0n) is 22.7. The molecule has 1 saturated heterocycles. The third kappa shape index (κ3) is 5.52. The van der Waals surface area contributed by atoms with Crippen LogP contribution in [0.5, 0.6) is 0 Å². The van der Waals surface area contributed by atoms with Crippen molar-refractivity contribution in [1.82, 2.24) is 29.2 Å². The van der Waals surface area contributed by atoms with Gasteiger partial charge in [0.1, 0.15) is 10.1 Å². The molecule has 1 atom stereocenters. The summed E-state index contributed by atoms with van der Waals surface area (Å²) in [5.41, 5.74) is 5.38. The maximum atomic E-state index is 9.86. The first-order valence-corrected chi connectivity index (χ1v) is 15.2. The van der Waals surface area contributed by atoms with Crippen LogP contribution < -0.4 is 10.6 Å². The summed E-state index contributed by atoms with van der Waals surface area (Å²) in [7, 11) is 0. The van der Waals surface area contributed by atoms with Gasteiger partial charge in [-0.05, 0) is 52.2 Å². The van der Waals surface area contributed by atoms with Gasteiger partial charge < -0.3 is 15.7 Å². The highest BCUT2D eigenvalue weighted by Crippen LogP contribution is 2.41. The number of aliphatic hydroxyl groups is 1. The largest absolute Gasteiger partial charge is 0.392 e. The molecule has 43 heavy (non-hydrogen) atoms. The fourth-order valence-corrected chi connectivity index (χ4v) is 6.34. The van der Waals surface area contributed by atoms with E-state index in [0.29, 0.717) is 45.2 Å². The molecule has 0 aliphatic carbocycles. The van der Waals surface area contributed by atoms with E-state index in [4.69, 9.17) is 28.2 Å². The first kappa shape index (κ1) is 28.0. The zero-order valence-corrected chi connectivity index (χ0v) is 25.8. The molecule has 3 N–H and O–H groups in total. The van der Waals surface area contributed by atoms with Crippen LogP contribution >= 0.6 is 39.1 Å². The number of aromatic nitrogens is 5. The Hall–Kier alpha value is -3.80. The third-order valence-electron chi connectivity index (χ3n) is 7.49. The molecule has 6 aromatic rings. The predicted octanol–water partition coefficient (Wildman–Crippen LogP) is 7.46. The number of nitrogens with one attached hydrogen (secondary N) is 2.